The molecule has 5 heteroatoms. The summed E-state index contributed by atoms with van der Waals surface area (Å²) in [5, 5.41) is 12.9. The number of carboxylic acids is 1. The molecule has 1 aromatic heterocycles. The third-order valence-corrected chi connectivity index (χ3v) is 4.22. The van der Waals surface area contributed by atoms with Gasteiger partial charge in [0.05, 0.1) is 6.04 Å². The summed E-state index contributed by atoms with van der Waals surface area (Å²) in [5.41, 5.74) is 0.512. The maximum Gasteiger partial charge on any atom is 0.319 e. The van der Waals surface area contributed by atoms with Crippen LogP contribution in [-0.4, -0.2) is 17.0 Å². The monoisotopic (exact) mass is 287 g/mol. The van der Waals surface area contributed by atoms with Crippen molar-refractivity contribution >= 4 is 22.8 Å². The van der Waals surface area contributed by atoms with Crippen LogP contribution in [0.5, 0.6) is 0 Å². The van der Waals surface area contributed by atoms with Gasteiger partial charge in [-0.25, -0.2) is 0 Å². The first kappa shape index (κ1) is 13.7. The summed E-state index contributed by atoms with van der Waals surface area (Å²) in [5.74, 6) is -0.804. The highest BCUT2D eigenvalue weighted by atomic mass is 16.4. The Hall–Kier alpha value is -2.30. The van der Waals surface area contributed by atoms with Gasteiger partial charge in [0.1, 0.15) is 16.8 Å². The molecule has 1 amide bonds. The Kier molecular flexibility index (Phi) is 3.01. The van der Waals surface area contributed by atoms with Gasteiger partial charge in [-0.3, -0.25) is 9.59 Å². The average Bonchev–Trinajstić information content (AvgIpc) is 3.20. The molecule has 1 aliphatic rings. The Bertz CT molecular complexity index is 727. The molecular formula is C16H17NO4. The van der Waals surface area contributed by atoms with Crippen LogP contribution in [0.25, 0.3) is 11.0 Å². The van der Waals surface area contributed by atoms with E-state index in [1.54, 1.807) is 6.92 Å². The van der Waals surface area contributed by atoms with Gasteiger partial charge in [0.25, 0.3) is 0 Å². The molecular weight excluding hydrogens is 270 g/mol. The maximum absolute atomic E-state index is 12.1. The van der Waals surface area contributed by atoms with Crippen LogP contribution in [0.15, 0.2) is 28.7 Å². The molecule has 3 rings (SSSR count). The molecule has 5 nitrogen and oxygen atoms in total. The fourth-order valence-corrected chi connectivity index (χ4v) is 2.67. The lowest BCUT2D eigenvalue weighted by Gasteiger charge is -2.16. The number of furan rings is 1. The van der Waals surface area contributed by atoms with Crippen molar-refractivity contribution in [1.29, 1.82) is 0 Å². The molecule has 0 unspecified atom stereocenters. The molecule has 21 heavy (non-hydrogen) atoms. The number of hydrogen-bond acceptors (Lipinski definition) is 3. The number of carbonyl (C=O) groups excluding carboxylic acids is 1. The number of para-hydroxylation sites is 1. The van der Waals surface area contributed by atoms with Gasteiger partial charge in [0, 0.05) is 10.9 Å². The molecule has 0 aliphatic heterocycles. The number of carbonyl (C=O) groups is 2. The fourth-order valence-electron chi connectivity index (χ4n) is 2.67. The van der Waals surface area contributed by atoms with E-state index in [4.69, 9.17) is 9.52 Å². The summed E-state index contributed by atoms with van der Waals surface area (Å²) in [7, 11) is 0. The number of aryl methyl sites for hydroxylation is 1. The number of fused-ring (bicyclic) bond motifs is 1. The lowest BCUT2D eigenvalue weighted by Crippen LogP contribution is -2.38. The molecule has 0 saturated heterocycles. The van der Waals surface area contributed by atoms with Gasteiger partial charge in [-0.2, -0.15) is 0 Å². The highest BCUT2D eigenvalue weighted by Crippen LogP contribution is 2.46. The van der Waals surface area contributed by atoms with Crippen molar-refractivity contribution in [1.82, 2.24) is 5.32 Å². The van der Waals surface area contributed by atoms with E-state index < -0.39 is 17.3 Å². The van der Waals surface area contributed by atoms with E-state index in [-0.39, 0.29) is 6.04 Å². The van der Waals surface area contributed by atoms with E-state index >= 15 is 0 Å². The van der Waals surface area contributed by atoms with Crippen molar-refractivity contribution in [3.8, 4) is 0 Å². The second-order valence-electron chi connectivity index (χ2n) is 5.67. The molecule has 1 fully saturated rings. The van der Waals surface area contributed by atoms with Crippen molar-refractivity contribution in [3.05, 3.63) is 35.6 Å². The van der Waals surface area contributed by atoms with Crippen LogP contribution >= 0.6 is 0 Å². The number of nitrogens with one attached hydrogen (secondary N) is 1. The first-order valence-electron chi connectivity index (χ1n) is 6.98. The molecule has 110 valence electrons. The number of rotatable bonds is 4. The van der Waals surface area contributed by atoms with E-state index in [2.05, 4.69) is 5.32 Å². The smallest absolute Gasteiger partial charge is 0.319 e. The number of hydrogen-bond donors (Lipinski definition) is 2. The fraction of sp³-hybridized carbons (Fsp3) is 0.375. The minimum atomic E-state index is -1.23. The second-order valence-corrected chi connectivity index (χ2v) is 5.67. The third-order valence-electron chi connectivity index (χ3n) is 4.22. The largest absolute Gasteiger partial charge is 0.480 e. The average molecular weight is 287 g/mol. The lowest BCUT2D eigenvalue weighted by atomic mass is 10.0. The molecule has 1 aromatic carbocycles. The van der Waals surface area contributed by atoms with Crippen LogP contribution in [0.3, 0.4) is 0 Å². The SMILES string of the molecule is Cc1c([C@@H](C)NC(=O)C2(C(=O)O)CC2)oc2ccccc12. The van der Waals surface area contributed by atoms with Crippen molar-refractivity contribution in [2.75, 3.05) is 0 Å². The summed E-state index contributed by atoms with van der Waals surface area (Å²) < 4.78 is 5.79. The Morgan fingerprint density at radius 2 is 2.00 bits per heavy atom. The summed E-state index contributed by atoms with van der Waals surface area (Å²) >= 11 is 0. The molecule has 0 radical (unpaired) electrons. The van der Waals surface area contributed by atoms with Gasteiger partial charge in [-0.15, -0.1) is 0 Å². The minimum Gasteiger partial charge on any atom is -0.480 e. The van der Waals surface area contributed by atoms with E-state index in [0.29, 0.717) is 18.6 Å². The number of benzene rings is 1. The van der Waals surface area contributed by atoms with Gasteiger partial charge >= 0.3 is 5.97 Å². The van der Waals surface area contributed by atoms with Crippen molar-refractivity contribution in [2.24, 2.45) is 5.41 Å². The van der Waals surface area contributed by atoms with E-state index in [0.717, 1.165) is 16.5 Å². The van der Waals surface area contributed by atoms with E-state index in [1.807, 2.05) is 31.2 Å². The van der Waals surface area contributed by atoms with Crippen molar-refractivity contribution < 1.29 is 19.1 Å². The summed E-state index contributed by atoms with van der Waals surface area (Å²) in [6.45, 7) is 3.74. The highest BCUT2D eigenvalue weighted by Gasteiger charge is 2.57. The van der Waals surface area contributed by atoms with Crippen molar-refractivity contribution in [3.63, 3.8) is 0 Å². The number of aliphatic carboxylic acids is 1. The third kappa shape index (κ3) is 2.09. The molecule has 0 spiro atoms. The first-order valence-corrected chi connectivity index (χ1v) is 6.98. The Morgan fingerprint density at radius 3 is 2.57 bits per heavy atom. The Balaban J connectivity index is 1.84. The van der Waals surface area contributed by atoms with Crippen LogP contribution in [0.4, 0.5) is 0 Å². The lowest BCUT2D eigenvalue weighted by molar-refractivity contribution is -0.149. The number of carboxylic acid groups (broad SMARTS) is 1. The normalized spacial score (nSPS) is 17.4. The van der Waals surface area contributed by atoms with Crippen LogP contribution in [0.1, 0.15) is 37.1 Å². The van der Waals surface area contributed by atoms with E-state index in [1.165, 1.54) is 0 Å². The molecule has 1 aliphatic carbocycles. The predicted molar refractivity (Wildman–Crippen MR) is 76.8 cm³/mol. The zero-order valence-corrected chi connectivity index (χ0v) is 12.0. The van der Waals surface area contributed by atoms with Gasteiger partial charge in [-0.1, -0.05) is 18.2 Å². The predicted octanol–water partition coefficient (Wildman–Crippen LogP) is 2.78. The molecule has 2 aromatic rings. The summed E-state index contributed by atoms with van der Waals surface area (Å²) in [4.78, 5) is 23.3. The van der Waals surface area contributed by atoms with Crippen LogP contribution in [0.2, 0.25) is 0 Å². The standard InChI is InChI=1S/C16H17NO4/c1-9-11-5-3-4-6-12(11)21-13(9)10(2)17-14(18)16(7-8-16)15(19)20/h3-6,10H,7-8H2,1-2H3,(H,17,18)(H,19,20)/t10-/m1/s1. The van der Waals surface area contributed by atoms with Crippen LogP contribution in [-0.2, 0) is 9.59 Å². The Morgan fingerprint density at radius 1 is 1.33 bits per heavy atom. The zero-order valence-electron chi connectivity index (χ0n) is 12.0. The minimum absolute atomic E-state index is 0.360. The van der Waals surface area contributed by atoms with Gasteiger partial charge < -0.3 is 14.8 Å². The first-order chi connectivity index (χ1) is 9.95. The Labute approximate surface area is 121 Å². The summed E-state index contributed by atoms with van der Waals surface area (Å²) in [6.07, 6.45) is 0.806. The van der Waals surface area contributed by atoms with Crippen LogP contribution < -0.4 is 5.32 Å². The van der Waals surface area contributed by atoms with Crippen molar-refractivity contribution in [2.45, 2.75) is 32.7 Å². The molecule has 1 atom stereocenters. The molecule has 0 bridgehead atoms. The quantitative estimate of drug-likeness (QED) is 0.847. The highest BCUT2D eigenvalue weighted by molar-refractivity contribution is 6.05. The van der Waals surface area contributed by atoms with Crippen LogP contribution in [0, 0.1) is 12.3 Å². The molecule has 1 saturated carbocycles. The molecule has 1 heterocycles. The summed E-state index contributed by atoms with van der Waals surface area (Å²) in [6, 6.07) is 7.30. The van der Waals surface area contributed by atoms with Gasteiger partial charge in [0.2, 0.25) is 5.91 Å². The number of amides is 1. The van der Waals surface area contributed by atoms with Gasteiger partial charge in [-0.05, 0) is 32.8 Å². The zero-order chi connectivity index (χ0) is 15.2. The van der Waals surface area contributed by atoms with E-state index in [9.17, 15) is 9.59 Å². The molecule has 2 N–H and O–H groups in total. The van der Waals surface area contributed by atoms with Gasteiger partial charge in [0.15, 0.2) is 0 Å². The maximum atomic E-state index is 12.1. The topological polar surface area (TPSA) is 79.5 Å². The second kappa shape index (κ2) is 4.62.